The fourth-order valence-corrected chi connectivity index (χ4v) is 14.5. The van der Waals surface area contributed by atoms with Crippen LogP contribution < -0.4 is 5.73 Å². The van der Waals surface area contributed by atoms with Gasteiger partial charge >= 0.3 is 0 Å². The van der Waals surface area contributed by atoms with Gasteiger partial charge in [-0.15, -0.1) is 79.9 Å². The third-order valence-corrected chi connectivity index (χ3v) is 19.1. The minimum atomic E-state index is 0.0341. The number of nitrogens with two attached hydrogens (primary N) is 1. The molecule has 0 aliphatic heterocycles. The molecule has 0 saturated carbocycles. The molecule has 0 radical (unpaired) electrons. The van der Waals surface area contributed by atoms with Crippen molar-refractivity contribution in [1.29, 1.82) is 0 Å². The Morgan fingerprint density at radius 2 is 1.12 bits per heavy atom. The number of carbonyl (C=O) groups is 2. The van der Waals surface area contributed by atoms with Crippen LogP contribution in [0.25, 0.3) is 61.0 Å². The SMILES string of the molecule is Brc1csc2ccccc12.CC(=O)c1sc2ccccc2c1Br.CN(C)/C=C/C(=O)c1sc2ccccc2c1Br.ClCCl.Nc1nccc(-c2sc3ccccc3c2Br)n1.c1ccc2sccc2c1. The molecular formula is C52H40Br4Cl2N4O2S5. The normalized spacial score (nSPS) is 10.6. The monoisotopic (exact) mass is 1300 g/mol. The summed E-state index contributed by atoms with van der Waals surface area (Å²) in [5.74, 6) is 0.451. The summed E-state index contributed by atoms with van der Waals surface area (Å²) in [4.78, 5) is 35.9. The zero-order chi connectivity index (χ0) is 49.5. The van der Waals surface area contributed by atoms with E-state index in [2.05, 4.69) is 151 Å². The Labute approximate surface area is 464 Å². The third-order valence-electron chi connectivity index (χ3n) is 9.37. The van der Waals surface area contributed by atoms with Gasteiger partial charge in [-0.05, 0) is 124 Å². The fraction of sp³-hybridized carbons (Fsp3) is 0.0769. The second kappa shape index (κ2) is 27.1. The highest BCUT2D eigenvalue weighted by molar-refractivity contribution is 9.11. The number of allylic oxidation sites excluding steroid dienone is 1. The number of nitrogen functional groups attached to an aromatic ring is 1. The van der Waals surface area contributed by atoms with Crippen molar-refractivity contribution in [3.05, 3.63) is 190 Å². The van der Waals surface area contributed by atoms with Gasteiger partial charge in [0.05, 0.1) is 25.7 Å². The first kappa shape index (κ1) is 54.5. The molecule has 0 bridgehead atoms. The molecule has 17 heteroatoms. The number of aromatic nitrogens is 2. The van der Waals surface area contributed by atoms with Crippen molar-refractivity contribution < 1.29 is 9.59 Å². The van der Waals surface area contributed by atoms with Gasteiger partial charge in [-0.25, -0.2) is 9.97 Å². The second-order valence-electron chi connectivity index (χ2n) is 14.4. The molecule has 11 rings (SSSR count). The Kier molecular flexibility index (Phi) is 21.4. The average Bonchev–Trinajstić information content (AvgIpc) is 4.20. The number of anilines is 1. The Bertz CT molecular complexity index is 3460. The number of thiophene rings is 5. The third kappa shape index (κ3) is 14.9. The number of halogens is 6. The summed E-state index contributed by atoms with van der Waals surface area (Å²) in [7, 11) is 3.79. The largest absolute Gasteiger partial charge is 0.383 e. The summed E-state index contributed by atoms with van der Waals surface area (Å²) in [6.07, 6.45) is 5.03. The lowest BCUT2D eigenvalue weighted by atomic mass is 10.2. The first-order chi connectivity index (χ1) is 33.3. The molecule has 11 aromatic rings. The molecule has 6 nitrogen and oxygen atoms in total. The van der Waals surface area contributed by atoms with Crippen LogP contribution in [0.2, 0.25) is 0 Å². The van der Waals surface area contributed by atoms with Crippen molar-refractivity contribution in [1.82, 2.24) is 14.9 Å². The van der Waals surface area contributed by atoms with E-state index in [1.54, 1.807) is 59.4 Å². The Balaban J connectivity index is 0.000000142. The fourth-order valence-electron chi connectivity index (χ4n) is 6.24. The molecule has 6 heterocycles. The molecule has 0 fully saturated rings. The van der Waals surface area contributed by atoms with Crippen LogP contribution in [0.1, 0.15) is 26.3 Å². The van der Waals surface area contributed by atoms with Gasteiger partial charge in [0.1, 0.15) is 0 Å². The van der Waals surface area contributed by atoms with Gasteiger partial charge in [-0.3, -0.25) is 9.59 Å². The van der Waals surface area contributed by atoms with Crippen LogP contribution in [-0.2, 0) is 0 Å². The van der Waals surface area contributed by atoms with Crippen molar-refractivity contribution >= 4 is 212 Å². The molecule has 0 spiro atoms. The van der Waals surface area contributed by atoms with E-state index in [1.807, 2.05) is 85.7 Å². The second-order valence-corrected chi connectivity index (χ2v) is 23.4. The molecule has 0 amide bonds. The molecule has 0 aliphatic carbocycles. The van der Waals surface area contributed by atoms with Gasteiger partial charge in [-0.2, -0.15) is 0 Å². The summed E-state index contributed by atoms with van der Waals surface area (Å²) >= 11 is 31.9. The Hall–Kier alpha value is -3.84. The van der Waals surface area contributed by atoms with E-state index in [9.17, 15) is 9.59 Å². The highest BCUT2D eigenvalue weighted by atomic mass is 79.9. The van der Waals surface area contributed by atoms with Crippen LogP contribution in [0.15, 0.2) is 181 Å². The zero-order valence-electron chi connectivity index (χ0n) is 36.8. The van der Waals surface area contributed by atoms with E-state index in [1.165, 1.54) is 57.4 Å². The molecule has 352 valence electrons. The number of ketones is 2. The molecular weight excluding hydrogens is 1260 g/mol. The van der Waals surface area contributed by atoms with Gasteiger partial charge in [0.25, 0.3) is 0 Å². The molecule has 2 N–H and O–H groups in total. The Morgan fingerprint density at radius 1 is 0.623 bits per heavy atom. The molecule has 0 unspecified atom stereocenters. The van der Waals surface area contributed by atoms with Crippen LogP contribution in [-0.4, -0.2) is 45.9 Å². The number of hydrogen-bond donors (Lipinski definition) is 1. The van der Waals surface area contributed by atoms with Crippen molar-refractivity contribution in [2.45, 2.75) is 6.92 Å². The predicted octanol–water partition coefficient (Wildman–Crippen LogP) is 19.5. The van der Waals surface area contributed by atoms with E-state index in [-0.39, 0.29) is 16.9 Å². The number of nitrogens with zero attached hydrogens (tertiary/aromatic N) is 3. The molecule has 0 aliphatic rings. The van der Waals surface area contributed by atoms with Crippen LogP contribution in [0, 0.1) is 0 Å². The van der Waals surface area contributed by atoms with Crippen molar-refractivity contribution in [2.24, 2.45) is 0 Å². The Morgan fingerprint density at radius 3 is 1.64 bits per heavy atom. The van der Waals surface area contributed by atoms with Crippen molar-refractivity contribution in [3.8, 4) is 10.6 Å². The smallest absolute Gasteiger partial charge is 0.220 e. The van der Waals surface area contributed by atoms with Crippen molar-refractivity contribution in [2.75, 3.05) is 25.2 Å². The molecule has 0 atom stereocenters. The maximum Gasteiger partial charge on any atom is 0.220 e. The van der Waals surface area contributed by atoms with Crippen LogP contribution >= 0.6 is 144 Å². The van der Waals surface area contributed by atoms with Gasteiger partial charge in [-0.1, -0.05) is 91.0 Å². The summed E-state index contributed by atoms with van der Waals surface area (Å²) in [6, 6.07) is 45.0. The van der Waals surface area contributed by atoms with E-state index in [0.717, 1.165) is 53.9 Å². The minimum Gasteiger partial charge on any atom is -0.383 e. The number of Topliss-reactive ketones (excluding diaryl/α,β-unsaturated/α-hetero) is 1. The predicted molar refractivity (Wildman–Crippen MR) is 319 cm³/mol. The number of benzene rings is 5. The lowest BCUT2D eigenvalue weighted by Gasteiger charge is -2.01. The highest BCUT2D eigenvalue weighted by Crippen LogP contribution is 2.41. The highest BCUT2D eigenvalue weighted by Gasteiger charge is 2.15. The lowest BCUT2D eigenvalue weighted by Crippen LogP contribution is -2.02. The quantitative estimate of drug-likeness (QED) is 0.105. The minimum absolute atomic E-state index is 0.0341. The molecule has 5 aromatic carbocycles. The van der Waals surface area contributed by atoms with E-state index in [0.29, 0.717) is 5.95 Å². The van der Waals surface area contributed by atoms with Gasteiger partial charge in [0.15, 0.2) is 11.6 Å². The van der Waals surface area contributed by atoms with Crippen LogP contribution in [0.4, 0.5) is 5.95 Å². The molecule has 0 saturated heterocycles. The molecule has 69 heavy (non-hydrogen) atoms. The number of rotatable bonds is 5. The first-order valence-corrected chi connectivity index (χ1v) is 28.9. The number of hydrogen-bond acceptors (Lipinski definition) is 11. The van der Waals surface area contributed by atoms with Gasteiger partial charge in [0.2, 0.25) is 5.95 Å². The average molecular weight is 1300 g/mol. The maximum atomic E-state index is 12.0. The first-order valence-electron chi connectivity index (χ1n) is 20.5. The van der Waals surface area contributed by atoms with E-state index in [4.69, 9.17) is 28.9 Å². The van der Waals surface area contributed by atoms with Gasteiger partial charge in [0, 0.05) is 101 Å². The lowest BCUT2D eigenvalue weighted by molar-refractivity contribution is 0.101. The van der Waals surface area contributed by atoms with Crippen LogP contribution in [0.5, 0.6) is 0 Å². The van der Waals surface area contributed by atoms with E-state index < -0.39 is 0 Å². The number of carbonyl (C=O) groups excluding carboxylic acids is 2. The summed E-state index contributed by atoms with van der Waals surface area (Å²) in [5, 5.41) is 10.5. The number of alkyl halides is 2. The van der Waals surface area contributed by atoms with E-state index >= 15 is 0 Å². The number of fused-ring (bicyclic) bond motifs is 5. The summed E-state index contributed by atoms with van der Waals surface area (Å²) < 4.78 is 10.3. The standard InChI is InChI=1S/C13H12BrNOS.C12H8BrN3S.C10H7BrOS.C8H5BrS.C8H6S.CH2Cl2/c1-15(2)8-7-10(16)13-12(14)9-5-3-4-6-11(9)17-13;13-10-7-3-1-2-4-9(7)17-11(10)8-5-6-15-12(14)16-8;1-6(12)10-9(11)7-4-2-3-5-8(7)13-10;9-7-5-10-8-4-2-1-3-6(7)8;1-2-4-8-7(3-1)5-6-9-8;2-1-3/h3-8H,1-2H3;1-6H,(H2,14,15,16);2-5H,1H3;1-5H;1-6H;1H2/b8-7+;;;;;. The topological polar surface area (TPSA) is 89.2 Å². The summed E-state index contributed by atoms with van der Waals surface area (Å²) in [6.45, 7) is 1.59. The summed E-state index contributed by atoms with van der Waals surface area (Å²) in [5.41, 5.74) is 6.46. The molecule has 6 aromatic heterocycles. The van der Waals surface area contributed by atoms with Gasteiger partial charge < -0.3 is 10.6 Å². The maximum absolute atomic E-state index is 12.0. The van der Waals surface area contributed by atoms with Crippen LogP contribution in [0.3, 0.4) is 0 Å². The zero-order valence-corrected chi connectivity index (χ0v) is 48.8. The van der Waals surface area contributed by atoms with Crippen molar-refractivity contribution in [3.63, 3.8) is 0 Å².